The number of aromatic carboxylic acids is 1. The molecule has 6 N–H and O–H groups in total. The Morgan fingerprint density at radius 3 is 2.68 bits per heavy atom. The minimum Gasteiger partial charge on any atom is -0.504 e. The first-order valence-corrected chi connectivity index (χ1v) is 6.36. The van der Waals surface area contributed by atoms with Crippen LogP contribution in [-0.2, 0) is 4.74 Å². The largest absolute Gasteiger partial charge is 0.504 e. The highest BCUT2D eigenvalue weighted by Gasteiger charge is 2.53. The van der Waals surface area contributed by atoms with Crippen molar-refractivity contribution in [2.45, 2.75) is 24.1 Å². The Balaban J connectivity index is 2.38. The lowest BCUT2D eigenvalue weighted by Crippen LogP contribution is -2.67. The minimum absolute atomic E-state index is 0.334. The smallest absolute Gasteiger partial charge is 0.339 e. The lowest BCUT2D eigenvalue weighted by atomic mass is 9.96. The van der Waals surface area contributed by atoms with Crippen molar-refractivity contribution in [3.63, 3.8) is 0 Å². The van der Waals surface area contributed by atoms with Crippen LogP contribution in [0.2, 0.25) is 0 Å². The number of hydrogen-bond donors (Lipinski definition) is 6. The van der Waals surface area contributed by atoms with E-state index in [9.17, 15) is 30.3 Å². The molecule has 1 saturated heterocycles. The average Bonchev–Trinajstić information content (AvgIpc) is 2.47. The van der Waals surface area contributed by atoms with E-state index in [0.29, 0.717) is 0 Å². The first-order valence-electron chi connectivity index (χ1n) is 6.36. The van der Waals surface area contributed by atoms with Crippen LogP contribution < -0.4 is 4.74 Å². The molecule has 2 rings (SSSR count). The van der Waals surface area contributed by atoms with Crippen LogP contribution in [0.15, 0.2) is 18.2 Å². The van der Waals surface area contributed by atoms with Crippen LogP contribution in [-0.4, -0.2) is 73.9 Å². The van der Waals surface area contributed by atoms with Crippen molar-refractivity contribution in [3.8, 4) is 11.5 Å². The molecule has 0 radical (unpaired) electrons. The van der Waals surface area contributed by atoms with Gasteiger partial charge in [-0.15, -0.1) is 0 Å². The van der Waals surface area contributed by atoms with Crippen molar-refractivity contribution in [2.24, 2.45) is 0 Å². The minimum atomic E-state index is -2.57. The molecule has 22 heavy (non-hydrogen) atoms. The molecule has 1 aromatic carbocycles. The van der Waals surface area contributed by atoms with E-state index in [1.807, 2.05) is 0 Å². The van der Waals surface area contributed by atoms with Gasteiger partial charge in [-0.2, -0.15) is 0 Å². The predicted molar refractivity (Wildman–Crippen MR) is 69.5 cm³/mol. The summed E-state index contributed by atoms with van der Waals surface area (Å²) < 4.78 is 10.1. The zero-order valence-electron chi connectivity index (χ0n) is 11.3. The summed E-state index contributed by atoms with van der Waals surface area (Å²) in [4.78, 5) is 11.0. The highest BCUT2D eigenvalue weighted by Crippen LogP contribution is 2.36. The first-order chi connectivity index (χ1) is 10.3. The molecule has 0 saturated carbocycles. The quantitative estimate of drug-likeness (QED) is 0.355. The van der Waals surface area contributed by atoms with Gasteiger partial charge in [0.2, 0.25) is 0 Å². The van der Waals surface area contributed by atoms with Crippen LogP contribution >= 0.6 is 0 Å². The summed E-state index contributed by atoms with van der Waals surface area (Å²) in [5.41, 5.74) is -0.478. The van der Waals surface area contributed by atoms with Gasteiger partial charge in [-0.05, 0) is 12.1 Å². The van der Waals surface area contributed by atoms with Gasteiger partial charge in [-0.3, -0.25) is 0 Å². The van der Waals surface area contributed by atoms with Gasteiger partial charge in [0.05, 0.1) is 13.2 Å². The number of phenols is 1. The Morgan fingerprint density at radius 1 is 1.41 bits per heavy atom. The molecule has 4 atom stereocenters. The molecular weight excluding hydrogens is 300 g/mol. The van der Waals surface area contributed by atoms with Crippen LogP contribution in [0.3, 0.4) is 0 Å². The number of hydrogen-bond acceptors (Lipinski definition) is 8. The maximum Gasteiger partial charge on any atom is 0.339 e. The third-order valence-corrected chi connectivity index (χ3v) is 3.39. The number of aromatic hydroxyl groups is 1. The number of ether oxygens (including phenoxy) is 2. The summed E-state index contributed by atoms with van der Waals surface area (Å²) in [5, 5.41) is 57.9. The van der Waals surface area contributed by atoms with Crippen molar-refractivity contribution < 1.29 is 44.9 Å². The number of rotatable bonds is 4. The van der Waals surface area contributed by atoms with Gasteiger partial charge < -0.3 is 40.1 Å². The molecule has 9 heteroatoms. The first kappa shape index (κ1) is 16.5. The van der Waals surface area contributed by atoms with E-state index in [-0.39, 0.29) is 6.61 Å². The van der Waals surface area contributed by atoms with E-state index in [1.54, 1.807) is 0 Å². The molecule has 1 aliphatic rings. The number of carbonyl (C=O) groups is 1. The van der Waals surface area contributed by atoms with E-state index in [0.717, 1.165) is 12.1 Å². The lowest BCUT2D eigenvalue weighted by molar-refractivity contribution is -0.323. The van der Waals surface area contributed by atoms with E-state index in [4.69, 9.17) is 14.6 Å². The van der Waals surface area contributed by atoms with Gasteiger partial charge >= 0.3 is 5.97 Å². The number of benzene rings is 1. The second-order valence-corrected chi connectivity index (χ2v) is 4.83. The summed E-state index contributed by atoms with van der Waals surface area (Å²) in [6, 6.07) is 3.52. The number of carboxylic acids is 1. The SMILES string of the molecule is O=C(O)c1cccc(O[C@@]2(O)[C@H](O)[C@@H](O)CO[C@@H]2CO)c1O. The summed E-state index contributed by atoms with van der Waals surface area (Å²) >= 11 is 0. The molecule has 9 nitrogen and oxygen atoms in total. The third kappa shape index (κ3) is 2.72. The highest BCUT2D eigenvalue weighted by molar-refractivity contribution is 5.91. The van der Waals surface area contributed by atoms with E-state index >= 15 is 0 Å². The zero-order valence-corrected chi connectivity index (χ0v) is 11.3. The Kier molecular flexibility index (Phi) is 4.54. The van der Waals surface area contributed by atoms with Crippen LogP contribution in [0.5, 0.6) is 11.5 Å². The molecule has 0 spiro atoms. The Labute approximate surface area is 124 Å². The topological polar surface area (TPSA) is 157 Å². The van der Waals surface area contributed by atoms with Crippen LogP contribution in [0.25, 0.3) is 0 Å². The van der Waals surface area contributed by atoms with Crippen molar-refractivity contribution in [3.05, 3.63) is 23.8 Å². The van der Waals surface area contributed by atoms with Gasteiger partial charge in [0.1, 0.15) is 23.9 Å². The molecule has 1 aromatic rings. The monoisotopic (exact) mass is 316 g/mol. The molecular formula is C13H16O9. The number of carboxylic acid groups (broad SMARTS) is 1. The fraction of sp³-hybridized carbons (Fsp3) is 0.462. The van der Waals surface area contributed by atoms with Gasteiger partial charge in [-0.1, -0.05) is 6.07 Å². The molecule has 1 aliphatic heterocycles. The highest BCUT2D eigenvalue weighted by atomic mass is 16.7. The molecule has 0 aromatic heterocycles. The summed E-state index contributed by atoms with van der Waals surface area (Å²) in [6.45, 7) is -1.07. The second-order valence-electron chi connectivity index (χ2n) is 4.83. The molecule has 1 fully saturated rings. The second kappa shape index (κ2) is 6.07. The fourth-order valence-corrected chi connectivity index (χ4v) is 2.15. The van der Waals surface area contributed by atoms with Gasteiger partial charge in [0.25, 0.3) is 5.79 Å². The van der Waals surface area contributed by atoms with Gasteiger partial charge in [-0.25, -0.2) is 4.79 Å². The summed E-state index contributed by atoms with van der Waals surface area (Å²) in [5.74, 6) is -5.21. The third-order valence-electron chi connectivity index (χ3n) is 3.39. The molecule has 1 heterocycles. The fourth-order valence-electron chi connectivity index (χ4n) is 2.15. The van der Waals surface area contributed by atoms with E-state index in [2.05, 4.69) is 0 Å². The normalized spacial score (nSPS) is 31.7. The van der Waals surface area contributed by atoms with Crippen LogP contribution in [0.1, 0.15) is 10.4 Å². The number of aliphatic hydroxyl groups is 4. The average molecular weight is 316 g/mol. The Morgan fingerprint density at radius 2 is 2.09 bits per heavy atom. The molecule has 122 valence electrons. The lowest BCUT2D eigenvalue weighted by Gasteiger charge is -2.43. The number of aliphatic hydroxyl groups excluding tert-OH is 3. The van der Waals surface area contributed by atoms with Gasteiger partial charge in [0, 0.05) is 0 Å². The Hall–Kier alpha value is -1.91. The van der Waals surface area contributed by atoms with E-state index < -0.39 is 53.7 Å². The molecule has 0 aliphatic carbocycles. The number of para-hydroxylation sites is 1. The van der Waals surface area contributed by atoms with Crippen molar-refractivity contribution in [2.75, 3.05) is 13.2 Å². The van der Waals surface area contributed by atoms with Crippen LogP contribution in [0.4, 0.5) is 0 Å². The molecule has 0 amide bonds. The molecule has 0 unspecified atom stereocenters. The van der Waals surface area contributed by atoms with Crippen molar-refractivity contribution in [1.29, 1.82) is 0 Å². The van der Waals surface area contributed by atoms with Crippen molar-refractivity contribution >= 4 is 5.97 Å². The van der Waals surface area contributed by atoms with Crippen LogP contribution in [0, 0.1) is 0 Å². The summed E-state index contributed by atoms with van der Waals surface area (Å²) in [7, 11) is 0. The maximum absolute atomic E-state index is 11.0. The van der Waals surface area contributed by atoms with E-state index in [1.165, 1.54) is 6.07 Å². The summed E-state index contributed by atoms with van der Waals surface area (Å²) in [6.07, 6.45) is -4.73. The zero-order chi connectivity index (χ0) is 16.5. The van der Waals surface area contributed by atoms with Crippen molar-refractivity contribution in [1.82, 2.24) is 0 Å². The maximum atomic E-state index is 11.0. The standard InChI is InChI=1S/C13H16O9/c14-4-9-13(20,11(17)7(15)5-21-9)22-8-3-1-2-6(10(8)16)12(18)19/h1-3,7,9,11,14-17,20H,4-5H2,(H,18,19)/t7-,9+,11+,13+/m0/s1. The molecule has 0 bridgehead atoms. The Bertz CT molecular complexity index is 556. The van der Waals surface area contributed by atoms with Gasteiger partial charge in [0.15, 0.2) is 11.5 Å². The predicted octanol–water partition coefficient (Wildman–Crippen LogP) is -1.73.